The average molecular weight is 1870 g/mol. The van der Waals surface area contributed by atoms with Crippen LogP contribution in [0.3, 0.4) is 0 Å². The van der Waals surface area contributed by atoms with Crippen molar-refractivity contribution >= 4 is 183 Å². The summed E-state index contributed by atoms with van der Waals surface area (Å²) in [5.74, 6) is -3.85. The molecule has 6 aromatic carbocycles. The number of benzene rings is 6. The number of Topliss-reactive ketones (excluding diaryl/α,β-unsaturated/α-hetero) is 4. The summed E-state index contributed by atoms with van der Waals surface area (Å²) in [6.07, 6.45) is 12.2. The number of thiophene rings is 2. The minimum atomic E-state index is -0.912. The number of hydrogen-bond acceptors (Lipinski definition) is 24. The number of aromatic nitrogens is 2. The summed E-state index contributed by atoms with van der Waals surface area (Å²) in [5, 5.41) is 27.4. The van der Waals surface area contributed by atoms with E-state index in [4.69, 9.17) is 24.1 Å². The number of ketones is 4. The Kier molecular flexibility index (Phi) is 35.3. The quantitative estimate of drug-likeness (QED) is 0.0106. The van der Waals surface area contributed by atoms with Crippen LogP contribution in [0.1, 0.15) is 180 Å². The molecule has 0 spiro atoms. The number of carboxylic acid groups (broad SMARTS) is 1. The maximum atomic E-state index is 13.7. The van der Waals surface area contributed by atoms with E-state index in [0.29, 0.717) is 131 Å². The molecule has 0 saturated heterocycles. The van der Waals surface area contributed by atoms with E-state index >= 15 is 0 Å². The van der Waals surface area contributed by atoms with Gasteiger partial charge in [-0.15, -0.1) is 22.7 Å². The summed E-state index contributed by atoms with van der Waals surface area (Å²) in [6, 6.07) is 38.3. The van der Waals surface area contributed by atoms with Crippen LogP contribution in [-0.4, -0.2) is 173 Å². The van der Waals surface area contributed by atoms with E-state index in [-0.39, 0.29) is 184 Å². The first-order valence-corrected chi connectivity index (χ1v) is 45.7. The molecule has 10 aromatic rings. The Morgan fingerprint density at radius 1 is 0.474 bits per heavy atom. The molecule has 4 aromatic heterocycles. The Labute approximate surface area is 799 Å². The van der Waals surface area contributed by atoms with Crippen molar-refractivity contribution in [1.82, 2.24) is 19.8 Å². The molecule has 0 bridgehead atoms. The number of ether oxygens (including phenoxy) is 5. The van der Waals surface area contributed by atoms with Crippen molar-refractivity contribution in [3.8, 4) is 23.0 Å². The molecule has 6 atom stereocenters. The zero-order valence-electron chi connectivity index (χ0n) is 76.8. The summed E-state index contributed by atoms with van der Waals surface area (Å²) >= 11 is 2.88. The van der Waals surface area contributed by atoms with Crippen LogP contribution in [-0.2, 0) is 92.5 Å². The van der Waals surface area contributed by atoms with Gasteiger partial charge in [-0.05, 0) is 159 Å². The van der Waals surface area contributed by atoms with Crippen molar-refractivity contribution in [2.75, 3.05) is 65.6 Å². The van der Waals surface area contributed by atoms with E-state index in [0.717, 1.165) is 52.4 Å². The minimum absolute atomic E-state index is 0. The van der Waals surface area contributed by atoms with Crippen molar-refractivity contribution in [2.24, 2.45) is 35.9 Å². The van der Waals surface area contributed by atoms with Crippen LogP contribution in [0.15, 0.2) is 156 Å². The van der Waals surface area contributed by atoms with Crippen LogP contribution < -0.4 is 79.5 Å². The Morgan fingerprint density at radius 2 is 0.881 bits per heavy atom. The molecule has 0 fully saturated rings. The third kappa shape index (κ3) is 26.0. The molecule has 36 heteroatoms. The molecule has 8 heterocycles. The number of hydrogen-bond donors (Lipinski definition) is 7. The number of anilines is 6. The van der Waals surface area contributed by atoms with Gasteiger partial charge in [-0.2, -0.15) is 0 Å². The zero-order valence-corrected chi connectivity index (χ0v) is 78.4. The van der Waals surface area contributed by atoms with E-state index in [9.17, 15) is 67.1 Å². The second-order valence-corrected chi connectivity index (χ2v) is 35.8. The molecule has 4 aliphatic heterocycles. The summed E-state index contributed by atoms with van der Waals surface area (Å²) in [5.41, 5.74) is 8.35. The number of esters is 1. The SMILES string of the molecule is COC(=O)CCCCC(=O)C[C@@H](C)C(=O)N[C@@H](C)C(=O)Cc1cc2cc(NC(=O)c3cc(NC(=O)CCCOc4cc5c(cc4OC)C(=O)N4c6ccccc6C[C@H]4C=N5)cn3C)ccc2s1.COc1cc2c(cc1OCCCC(=O)Nc1cc(C(=O)Nc3ccc4sc(CC(=O)[C@H](C)NC(=O)[C@H](C)CC(=O)CCCCC(=O)O)cc4c3)n(C)c1)N=C[C@@H]1Cc3ccccc3N1C2=O.[Li+].[OH-]. The second-order valence-electron chi connectivity index (χ2n) is 33.5. The van der Waals surface area contributed by atoms with Crippen molar-refractivity contribution < 1.29 is 120 Å². The number of aliphatic imine (C=N–C) groups is 2. The van der Waals surface area contributed by atoms with Gasteiger partial charge >= 0.3 is 30.8 Å². The largest absolute Gasteiger partial charge is 1.00 e. The Bertz CT molecular complexity index is 6250. The number of aliphatic carboxylic acids is 1. The molecule has 8 amide bonds. The van der Waals surface area contributed by atoms with Gasteiger partial charge in [0.15, 0.2) is 34.6 Å². The number of carboxylic acids is 1. The molecule has 0 saturated carbocycles. The minimum Gasteiger partial charge on any atom is -0.870 e. The van der Waals surface area contributed by atoms with Crippen molar-refractivity contribution in [3.63, 3.8) is 0 Å². The molecule has 0 radical (unpaired) electrons. The maximum Gasteiger partial charge on any atom is 1.00 e. The number of methoxy groups -OCH3 is 3. The average Bonchev–Trinajstić information content (AvgIpc) is 1.60. The van der Waals surface area contributed by atoms with Gasteiger partial charge in [-0.3, -0.25) is 86.9 Å². The molecule has 4 aliphatic rings. The van der Waals surface area contributed by atoms with Crippen LogP contribution in [0.5, 0.6) is 23.0 Å². The molecule has 0 aliphatic carbocycles. The van der Waals surface area contributed by atoms with Crippen LogP contribution >= 0.6 is 22.7 Å². The van der Waals surface area contributed by atoms with Gasteiger partial charge in [-0.1, -0.05) is 50.2 Å². The number of carbonyl (C=O) groups excluding carboxylic acids is 13. The standard InChI is InChI=1S/C50H54N6O10S.C49H52N6O10S.Li.H2O/c1-29(19-36(57)12-7-9-15-47(60)65-5)48(61)52-30(2)42(58)24-37-22-32-20-33(16-17-45(32)67-37)54-49(62)41-23-34(28-55(41)3)53-46(59)14-10-18-66-44-26-39-38(25-43(44)64-4)50(63)56-35(27-51-39)21-31-11-6-8-13-40(31)56;1-28(18-35(56)11-6-8-14-46(59)60)47(61)51-29(2)41(57)23-36-21-31-19-32(15-16-44(31)66-36)53-48(62)40-22-33(27-54(40)3)52-45(58)13-9-17-65-43-25-38-37(24-42(43)64-4)49(63)55-34(26-50-38)20-30-10-5-7-12-39(30)55;;/h6,8,11,13,16-17,20,22-23,25-30,35H,7,9-10,12,14-15,18-19,21,24H2,1-5H3,(H,52,61)(H,53,59)(H,54,62);5,7,10,12,15-16,19,21-22,24-29,34H,6,8-9,11,13-14,17-18,20,23H2,1-4H3,(H,51,61)(H,52,58)(H,53,62)(H,59,60);;1H2/q;;+1;/p-1/t29-,30+,35+;28-,29+,34+;;/m11../s1. The fraction of sp³-hybridized carbons (Fsp3) is 0.354. The Hall–Kier alpha value is -13.7. The van der Waals surface area contributed by atoms with Crippen LogP contribution in [0.2, 0.25) is 0 Å². The topological polar surface area (TPSA) is 449 Å². The normalized spacial score (nSPS) is 14.4. The third-order valence-electron chi connectivity index (χ3n) is 23.3. The van der Waals surface area contributed by atoms with Gasteiger partial charge in [0.1, 0.15) is 23.0 Å². The molecular formula is C99H107LiN12O21S2. The van der Waals surface area contributed by atoms with Gasteiger partial charge in [-0.25, -0.2) is 0 Å². The first kappa shape index (κ1) is 102. The van der Waals surface area contributed by atoms with Crippen molar-refractivity contribution in [3.05, 3.63) is 189 Å². The Morgan fingerprint density at radius 3 is 1.29 bits per heavy atom. The van der Waals surface area contributed by atoms with Gasteiger partial charge in [0, 0.05) is 182 Å². The molecule has 8 N–H and O–H groups in total. The van der Waals surface area contributed by atoms with Gasteiger partial charge in [0.05, 0.1) is 92.6 Å². The number of fused-ring (bicyclic) bond motifs is 10. The molecule has 0 unspecified atom stereocenters. The number of nitrogens with one attached hydrogen (secondary N) is 6. The monoisotopic (exact) mass is 1870 g/mol. The zero-order chi connectivity index (χ0) is 94.8. The number of aryl methyl sites for hydroxylation is 2. The Balaban J connectivity index is 0.000000256. The number of rotatable bonds is 42. The number of amides is 8. The number of unbranched alkanes of at least 4 members (excludes halogenated alkanes) is 2. The number of carbonyl (C=O) groups is 14. The first-order chi connectivity index (χ1) is 63.9. The summed E-state index contributed by atoms with van der Waals surface area (Å²) in [7, 11) is 7.74. The summed E-state index contributed by atoms with van der Waals surface area (Å²) < 4.78 is 32.9. The molecule has 135 heavy (non-hydrogen) atoms. The molecule has 33 nitrogen and oxygen atoms in total. The first-order valence-electron chi connectivity index (χ1n) is 44.1. The van der Waals surface area contributed by atoms with Crippen LogP contribution in [0, 0.1) is 11.8 Å². The molecule has 14 rings (SSSR count). The summed E-state index contributed by atoms with van der Waals surface area (Å²) in [6.45, 7) is 6.90. The van der Waals surface area contributed by atoms with E-state index in [1.165, 1.54) is 44.0 Å². The van der Waals surface area contributed by atoms with Crippen molar-refractivity contribution in [1.29, 1.82) is 0 Å². The van der Waals surface area contributed by atoms with Crippen molar-refractivity contribution in [2.45, 2.75) is 167 Å². The van der Waals surface area contributed by atoms with E-state index in [1.807, 2.05) is 84.9 Å². The molecular weight excluding hydrogens is 1760 g/mol. The third-order valence-corrected chi connectivity index (χ3v) is 25.5. The second kappa shape index (κ2) is 46.8. The summed E-state index contributed by atoms with van der Waals surface area (Å²) in [4.78, 5) is 193. The van der Waals surface area contributed by atoms with Gasteiger partial charge in [0.25, 0.3) is 23.6 Å². The van der Waals surface area contributed by atoms with Crippen LogP contribution in [0.25, 0.3) is 20.2 Å². The predicted octanol–water partition coefficient (Wildman–Crippen LogP) is 11.8. The smallest absolute Gasteiger partial charge is 0.870 e. The number of para-hydroxylation sites is 2. The van der Waals surface area contributed by atoms with E-state index < -0.39 is 35.8 Å². The maximum absolute atomic E-state index is 13.7. The fourth-order valence-corrected chi connectivity index (χ4v) is 18.3. The molecule has 702 valence electrons. The van der Waals surface area contributed by atoms with Crippen LogP contribution in [0.4, 0.5) is 45.5 Å². The fourth-order valence-electron chi connectivity index (χ4n) is 16.2. The van der Waals surface area contributed by atoms with Gasteiger partial charge < -0.3 is 75.3 Å². The van der Waals surface area contributed by atoms with E-state index in [2.05, 4.69) is 46.6 Å². The van der Waals surface area contributed by atoms with Gasteiger partial charge in [0.2, 0.25) is 23.6 Å². The predicted molar refractivity (Wildman–Crippen MR) is 510 cm³/mol. The van der Waals surface area contributed by atoms with E-state index in [1.54, 1.807) is 134 Å². The number of nitrogens with zero attached hydrogens (tertiary/aromatic N) is 6.